The lowest BCUT2D eigenvalue weighted by Gasteiger charge is -2.17. The lowest BCUT2D eigenvalue weighted by Crippen LogP contribution is -2.28. The van der Waals surface area contributed by atoms with Crippen molar-refractivity contribution in [2.45, 2.75) is 20.8 Å². The molecule has 0 saturated heterocycles. The Morgan fingerprint density at radius 2 is 1.91 bits per heavy atom. The number of hydrogen-bond donors (Lipinski definition) is 1. The monoisotopic (exact) mass is 340 g/mol. The first-order valence-corrected chi connectivity index (χ1v) is 8.29. The van der Waals surface area contributed by atoms with E-state index in [-0.39, 0.29) is 0 Å². The van der Waals surface area contributed by atoms with Crippen LogP contribution in [0.3, 0.4) is 0 Å². The molecule has 6 heteroatoms. The van der Waals surface area contributed by atoms with Gasteiger partial charge in [-0.3, -0.25) is 0 Å². The van der Waals surface area contributed by atoms with Gasteiger partial charge in [0.05, 0.1) is 10.7 Å². The zero-order valence-electron chi connectivity index (χ0n) is 13.2. The maximum absolute atomic E-state index is 6.26. The number of benzene rings is 1. The van der Waals surface area contributed by atoms with Gasteiger partial charge in [0.1, 0.15) is 5.82 Å². The second-order valence-corrected chi connectivity index (χ2v) is 5.98. The number of aromatic nitrogens is 2. The van der Waals surface area contributed by atoms with Crippen LogP contribution in [0.15, 0.2) is 24.3 Å². The van der Waals surface area contributed by atoms with Gasteiger partial charge in [0.15, 0.2) is 0 Å². The lowest BCUT2D eigenvalue weighted by atomic mass is 10.3. The Balaban J connectivity index is 2.08. The van der Waals surface area contributed by atoms with E-state index < -0.39 is 0 Å². The molecule has 1 aromatic carbocycles. The minimum absolute atomic E-state index is 0.591. The normalized spacial score (nSPS) is 11.2. The maximum atomic E-state index is 6.26. The van der Waals surface area contributed by atoms with Gasteiger partial charge in [-0.05, 0) is 38.2 Å². The van der Waals surface area contributed by atoms with Gasteiger partial charge in [-0.2, -0.15) is 5.10 Å². The Kier molecular flexibility index (Phi) is 6.12. The molecule has 0 radical (unpaired) electrons. The Morgan fingerprint density at radius 3 is 2.55 bits per heavy atom. The molecule has 0 saturated carbocycles. The van der Waals surface area contributed by atoms with E-state index in [1.807, 2.05) is 29.8 Å². The summed E-state index contributed by atoms with van der Waals surface area (Å²) >= 11 is 12.2. The van der Waals surface area contributed by atoms with Crippen molar-refractivity contribution in [2.24, 2.45) is 0 Å². The van der Waals surface area contributed by atoms with E-state index >= 15 is 0 Å². The summed E-state index contributed by atoms with van der Waals surface area (Å²) < 4.78 is 1.83. The van der Waals surface area contributed by atoms with Crippen molar-refractivity contribution >= 4 is 29.0 Å². The van der Waals surface area contributed by atoms with Crippen molar-refractivity contribution in [1.29, 1.82) is 0 Å². The fraction of sp³-hybridized carbons (Fsp3) is 0.438. The summed E-state index contributed by atoms with van der Waals surface area (Å²) in [5, 5.41) is 9.15. The third-order valence-corrected chi connectivity index (χ3v) is 4.19. The van der Waals surface area contributed by atoms with Gasteiger partial charge in [-0.1, -0.05) is 37.0 Å². The maximum Gasteiger partial charge on any atom is 0.148 e. The zero-order chi connectivity index (χ0) is 16.1. The average Bonchev–Trinajstić information content (AvgIpc) is 2.84. The van der Waals surface area contributed by atoms with Gasteiger partial charge < -0.3 is 10.2 Å². The number of halogens is 2. The Morgan fingerprint density at radius 1 is 1.18 bits per heavy atom. The second kappa shape index (κ2) is 7.86. The minimum Gasteiger partial charge on any atom is -0.367 e. The van der Waals surface area contributed by atoms with Crippen molar-refractivity contribution in [3.05, 3.63) is 40.0 Å². The highest BCUT2D eigenvalue weighted by Crippen LogP contribution is 2.25. The molecular formula is C16H22Cl2N4. The van der Waals surface area contributed by atoms with E-state index in [2.05, 4.69) is 29.2 Å². The van der Waals surface area contributed by atoms with Gasteiger partial charge in [0, 0.05) is 29.9 Å². The molecule has 0 aliphatic carbocycles. The van der Waals surface area contributed by atoms with Gasteiger partial charge in [0.25, 0.3) is 0 Å². The number of nitrogens with one attached hydrogen (secondary N) is 1. The molecule has 0 fully saturated rings. The molecule has 0 spiro atoms. The number of hydrogen-bond acceptors (Lipinski definition) is 3. The highest BCUT2D eigenvalue weighted by Gasteiger charge is 2.10. The summed E-state index contributed by atoms with van der Waals surface area (Å²) in [4.78, 5) is 2.37. The molecule has 1 N–H and O–H groups in total. The molecular weight excluding hydrogens is 319 g/mol. The van der Waals surface area contributed by atoms with E-state index in [4.69, 9.17) is 23.2 Å². The van der Waals surface area contributed by atoms with Crippen LogP contribution < -0.4 is 5.32 Å². The first-order chi connectivity index (χ1) is 10.5. The van der Waals surface area contributed by atoms with Crippen LogP contribution in [0.1, 0.15) is 19.5 Å². The number of rotatable bonds is 7. The summed E-state index contributed by atoms with van der Waals surface area (Å²) in [7, 11) is 0. The number of aryl methyl sites for hydroxylation is 1. The van der Waals surface area contributed by atoms with Crippen molar-refractivity contribution in [3.8, 4) is 5.69 Å². The molecule has 0 atom stereocenters. The van der Waals surface area contributed by atoms with Crippen LogP contribution in [-0.2, 0) is 0 Å². The molecule has 0 aliphatic heterocycles. The van der Waals surface area contributed by atoms with Gasteiger partial charge in [-0.25, -0.2) is 4.68 Å². The lowest BCUT2D eigenvalue weighted by molar-refractivity contribution is 0.316. The Bertz CT molecular complexity index is 621. The smallest absolute Gasteiger partial charge is 0.148 e. The molecule has 0 amide bonds. The SMILES string of the molecule is CCN(CC)CCNc1cc(C)n(-c2ccc(Cl)cc2Cl)n1. The van der Waals surface area contributed by atoms with E-state index in [1.165, 1.54) is 0 Å². The summed E-state index contributed by atoms with van der Waals surface area (Å²) in [6.07, 6.45) is 0. The quantitative estimate of drug-likeness (QED) is 0.818. The molecule has 1 aromatic heterocycles. The topological polar surface area (TPSA) is 33.1 Å². The van der Waals surface area contributed by atoms with E-state index in [1.54, 1.807) is 6.07 Å². The molecule has 0 bridgehead atoms. The van der Waals surface area contributed by atoms with E-state index in [0.29, 0.717) is 10.0 Å². The zero-order valence-corrected chi connectivity index (χ0v) is 14.7. The molecule has 0 aliphatic rings. The van der Waals surface area contributed by atoms with Crippen LogP contribution in [0.4, 0.5) is 5.82 Å². The van der Waals surface area contributed by atoms with Gasteiger partial charge >= 0.3 is 0 Å². The van der Waals surface area contributed by atoms with Crippen LogP contribution in [0.5, 0.6) is 0 Å². The number of anilines is 1. The highest BCUT2D eigenvalue weighted by atomic mass is 35.5. The first-order valence-electron chi connectivity index (χ1n) is 7.53. The highest BCUT2D eigenvalue weighted by molar-refractivity contribution is 6.35. The largest absolute Gasteiger partial charge is 0.367 e. The summed E-state index contributed by atoms with van der Waals surface area (Å²) in [5.74, 6) is 0.857. The number of likely N-dealkylation sites (N-methyl/N-ethyl adjacent to an activating group) is 1. The van der Waals surface area contributed by atoms with E-state index in [9.17, 15) is 0 Å². The van der Waals surface area contributed by atoms with Crippen LogP contribution in [0.25, 0.3) is 5.69 Å². The molecule has 2 aromatic rings. The first kappa shape index (κ1) is 17.1. The van der Waals surface area contributed by atoms with Crippen LogP contribution >= 0.6 is 23.2 Å². The standard InChI is InChI=1S/C16H22Cl2N4/c1-4-21(5-2)9-8-19-16-10-12(3)22(20-16)15-7-6-13(17)11-14(15)18/h6-7,10-11H,4-5,8-9H2,1-3H3,(H,19,20). The van der Waals surface area contributed by atoms with Crippen LogP contribution in [-0.4, -0.2) is 40.9 Å². The molecule has 2 rings (SSSR count). The van der Waals surface area contributed by atoms with Gasteiger partial charge in [-0.15, -0.1) is 0 Å². The Hall–Kier alpha value is -1.23. The van der Waals surface area contributed by atoms with Crippen molar-refractivity contribution in [3.63, 3.8) is 0 Å². The molecule has 0 unspecified atom stereocenters. The molecule has 22 heavy (non-hydrogen) atoms. The summed E-state index contributed by atoms with van der Waals surface area (Å²) in [5.41, 5.74) is 1.86. The van der Waals surface area contributed by atoms with Crippen LogP contribution in [0.2, 0.25) is 10.0 Å². The predicted molar refractivity (Wildman–Crippen MR) is 94.6 cm³/mol. The van der Waals surface area contributed by atoms with Crippen molar-refractivity contribution in [1.82, 2.24) is 14.7 Å². The average molecular weight is 341 g/mol. The van der Waals surface area contributed by atoms with Gasteiger partial charge in [0.2, 0.25) is 0 Å². The summed E-state index contributed by atoms with van der Waals surface area (Å²) in [6, 6.07) is 7.45. The molecule has 4 nitrogen and oxygen atoms in total. The molecule has 1 heterocycles. The predicted octanol–water partition coefficient (Wildman–Crippen LogP) is 4.24. The van der Waals surface area contributed by atoms with Crippen molar-refractivity contribution < 1.29 is 0 Å². The third-order valence-electron chi connectivity index (χ3n) is 3.65. The summed E-state index contributed by atoms with van der Waals surface area (Å²) in [6.45, 7) is 10.3. The molecule has 120 valence electrons. The number of nitrogens with zero attached hydrogens (tertiary/aromatic N) is 3. The Labute approximate surface area is 142 Å². The fourth-order valence-electron chi connectivity index (χ4n) is 2.34. The van der Waals surface area contributed by atoms with Crippen molar-refractivity contribution in [2.75, 3.05) is 31.5 Å². The van der Waals surface area contributed by atoms with E-state index in [0.717, 1.165) is 43.4 Å². The fourth-order valence-corrected chi connectivity index (χ4v) is 2.83. The minimum atomic E-state index is 0.591. The van der Waals surface area contributed by atoms with Crippen LogP contribution in [0, 0.1) is 6.92 Å². The third kappa shape index (κ3) is 4.15. The second-order valence-electron chi connectivity index (χ2n) is 5.13.